The van der Waals surface area contributed by atoms with Crippen LogP contribution in [0.3, 0.4) is 0 Å². The van der Waals surface area contributed by atoms with Crippen molar-refractivity contribution >= 4 is 38.9 Å². The van der Waals surface area contributed by atoms with E-state index < -0.39 is 15.9 Å². The second kappa shape index (κ2) is 4.01. The summed E-state index contributed by atoms with van der Waals surface area (Å²) in [5.41, 5.74) is 0. The highest BCUT2D eigenvalue weighted by Gasteiger charge is 2.45. The number of carbonyl (C=O) groups is 1. The molecule has 1 aromatic rings. The molecule has 0 saturated heterocycles. The van der Waals surface area contributed by atoms with Crippen LogP contribution in [0.5, 0.6) is 0 Å². The van der Waals surface area contributed by atoms with Crippen LogP contribution in [0.4, 0.5) is 0 Å². The Morgan fingerprint density at radius 2 is 2.25 bits per heavy atom. The lowest BCUT2D eigenvalue weighted by Gasteiger charge is -2.00. The van der Waals surface area contributed by atoms with Crippen molar-refractivity contribution in [2.75, 3.05) is 6.26 Å². The lowest BCUT2D eigenvalue weighted by Crippen LogP contribution is -2.30. The van der Waals surface area contributed by atoms with Gasteiger partial charge in [0.05, 0.1) is 10.6 Å². The molecule has 1 aliphatic rings. The predicted octanol–water partition coefficient (Wildman–Crippen LogP) is 1.58. The maximum absolute atomic E-state index is 11.5. The molecular weight excluding hydrogens is 270 g/mol. The molecule has 2 atom stereocenters. The quantitative estimate of drug-likeness (QED) is 0.914. The number of halogens is 1. The molecule has 88 valence electrons. The minimum Gasteiger partial charge on any atom is -0.274 e. The highest BCUT2D eigenvalue weighted by Crippen LogP contribution is 2.50. The van der Waals surface area contributed by atoms with E-state index in [2.05, 4.69) is 0 Å². The number of hydrogen-bond acceptors (Lipinski definition) is 4. The van der Waals surface area contributed by atoms with Crippen LogP contribution in [0.15, 0.2) is 12.1 Å². The molecule has 0 spiro atoms. The first-order valence-electron chi connectivity index (χ1n) is 4.63. The van der Waals surface area contributed by atoms with E-state index in [1.807, 2.05) is 10.8 Å². The Labute approximate surface area is 103 Å². The van der Waals surface area contributed by atoms with E-state index in [1.165, 1.54) is 11.3 Å². The maximum atomic E-state index is 11.5. The van der Waals surface area contributed by atoms with E-state index in [4.69, 9.17) is 11.6 Å². The second-order valence-corrected chi connectivity index (χ2v) is 7.32. The number of amides is 1. The lowest BCUT2D eigenvalue weighted by molar-refractivity contribution is -0.120. The fraction of sp³-hybridized carbons (Fsp3) is 0.444. The number of sulfonamides is 1. The van der Waals surface area contributed by atoms with Crippen molar-refractivity contribution in [1.82, 2.24) is 4.72 Å². The van der Waals surface area contributed by atoms with Crippen LogP contribution in [0.2, 0.25) is 4.34 Å². The van der Waals surface area contributed by atoms with Gasteiger partial charge >= 0.3 is 0 Å². The normalized spacial score (nSPS) is 24.1. The lowest BCUT2D eigenvalue weighted by atomic mass is 10.2. The molecule has 1 heterocycles. The van der Waals surface area contributed by atoms with Crippen LogP contribution in [0.1, 0.15) is 17.2 Å². The molecule has 1 amide bonds. The van der Waals surface area contributed by atoms with Crippen LogP contribution in [-0.4, -0.2) is 20.6 Å². The second-order valence-electron chi connectivity index (χ2n) is 3.83. The smallest absolute Gasteiger partial charge is 0.237 e. The van der Waals surface area contributed by atoms with Crippen LogP contribution in [0, 0.1) is 5.92 Å². The van der Waals surface area contributed by atoms with Gasteiger partial charge in [-0.2, -0.15) is 0 Å². The summed E-state index contributed by atoms with van der Waals surface area (Å²) >= 11 is 7.22. The molecule has 1 fully saturated rings. The molecule has 1 aliphatic carbocycles. The zero-order valence-corrected chi connectivity index (χ0v) is 10.8. The first kappa shape index (κ1) is 11.9. The first-order chi connectivity index (χ1) is 7.37. The largest absolute Gasteiger partial charge is 0.274 e. The summed E-state index contributed by atoms with van der Waals surface area (Å²) in [6.45, 7) is 0. The van der Waals surface area contributed by atoms with Gasteiger partial charge in [-0.1, -0.05) is 11.6 Å². The Balaban J connectivity index is 1.99. The first-order valence-corrected chi connectivity index (χ1v) is 7.72. The molecule has 4 nitrogen and oxygen atoms in total. The predicted molar refractivity (Wildman–Crippen MR) is 63.2 cm³/mol. The van der Waals surface area contributed by atoms with E-state index in [0.717, 1.165) is 11.1 Å². The zero-order chi connectivity index (χ0) is 11.9. The fourth-order valence-corrected chi connectivity index (χ4v) is 3.34. The van der Waals surface area contributed by atoms with Gasteiger partial charge in [-0.3, -0.25) is 9.52 Å². The molecule has 1 saturated carbocycles. The number of hydrogen-bond donors (Lipinski definition) is 1. The zero-order valence-electron chi connectivity index (χ0n) is 8.44. The molecule has 0 aliphatic heterocycles. The Bertz CT molecular complexity index is 523. The Kier molecular flexibility index (Phi) is 2.98. The van der Waals surface area contributed by atoms with Gasteiger partial charge in [0.1, 0.15) is 0 Å². The minimum atomic E-state index is -3.45. The molecule has 0 unspecified atom stereocenters. The van der Waals surface area contributed by atoms with Crippen LogP contribution in [-0.2, 0) is 14.8 Å². The average Bonchev–Trinajstić information content (AvgIpc) is 2.81. The molecular formula is C9H10ClNO3S2. The third-order valence-corrected chi connectivity index (χ3v) is 4.31. The maximum Gasteiger partial charge on any atom is 0.237 e. The van der Waals surface area contributed by atoms with Gasteiger partial charge in [-0.25, -0.2) is 8.42 Å². The van der Waals surface area contributed by atoms with Gasteiger partial charge in [0.2, 0.25) is 15.9 Å². The van der Waals surface area contributed by atoms with Crippen molar-refractivity contribution in [2.45, 2.75) is 12.3 Å². The van der Waals surface area contributed by atoms with Crippen LogP contribution in [0.25, 0.3) is 0 Å². The highest BCUT2D eigenvalue weighted by molar-refractivity contribution is 7.89. The van der Waals surface area contributed by atoms with Crippen molar-refractivity contribution in [1.29, 1.82) is 0 Å². The minimum absolute atomic E-state index is 0.124. The van der Waals surface area contributed by atoms with Crippen molar-refractivity contribution in [3.8, 4) is 0 Å². The summed E-state index contributed by atoms with van der Waals surface area (Å²) in [6, 6.07) is 3.66. The van der Waals surface area contributed by atoms with E-state index in [-0.39, 0.29) is 11.8 Å². The molecule has 7 heteroatoms. The molecule has 0 bridgehead atoms. The number of nitrogens with one attached hydrogen (secondary N) is 1. The molecule has 1 N–H and O–H groups in total. The van der Waals surface area contributed by atoms with E-state index in [9.17, 15) is 13.2 Å². The Morgan fingerprint density at radius 1 is 1.56 bits per heavy atom. The van der Waals surface area contributed by atoms with Crippen molar-refractivity contribution < 1.29 is 13.2 Å². The van der Waals surface area contributed by atoms with Gasteiger partial charge in [-0.05, 0) is 18.6 Å². The topological polar surface area (TPSA) is 63.2 Å². The van der Waals surface area contributed by atoms with E-state index >= 15 is 0 Å². The highest BCUT2D eigenvalue weighted by atomic mass is 35.5. The van der Waals surface area contributed by atoms with Gasteiger partial charge in [0, 0.05) is 16.7 Å². The van der Waals surface area contributed by atoms with E-state index in [1.54, 1.807) is 6.07 Å². The SMILES string of the molecule is CS(=O)(=O)NC(=O)[C@@H]1C[C@H]1c1ccc(Cl)s1. The number of carbonyl (C=O) groups excluding carboxylic acids is 1. The summed E-state index contributed by atoms with van der Waals surface area (Å²) < 4.78 is 24.4. The van der Waals surface area contributed by atoms with Gasteiger partial charge in [-0.15, -0.1) is 11.3 Å². The number of thiophene rings is 1. The van der Waals surface area contributed by atoms with Gasteiger partial charge in [0.15, 0.2) is 0 Å². The van der Waals surface area contributed by atoms with Crippen LogP contribution >= 0.6 is 22.9 Å². The molecule has 0 aromatic carbocycles. The van der Waals surface area contributed by atoms with Gasteiger partial charge < -0.3 is 0 Å². The molecule has 2 rings (SSSR count). The summed E-state index contributed by atoms with van der Waals surface area (Å²) in [4.78, 5) is 12.5. The monoisotopic (exact) mass is 279 g/mol. The van der Waals surface area contributed by atoms with E-state index in [0.29, 0.717) is 10.8 Å². The molecule has 16 heavy (non-hydrogen) atoms. The van der Waals surface area contributed by atoms with Crippen molar-refractivity contribution in [3.63, 3.8) is 0 Å². The number of rotatable bonds is 3. The summed E-state index contributed by atoms with van der Waals surface area (Å²) in [6.07, 6.45) is 1.67. The average molecular weight is 280 g/mol. The standard InChI is InChI=1S/C9H10ClNO3S2/c1-16(13,14)11-9(12)6-4-5(6)7-2-3-8(10)15-7/h2-3,5-6H,4H2,1H3,(H,11,12)/t5-,6-/m1/s1. The molecule has 0 radical (unpaired) electrons. The third kappa shape index (κ3) is 2.75. The van der Waals surface area contributed by atoms with Crippen molar-refractivity contribution in [3.05, 3.63) is 21.3 Å². The van der Waals surface area contributed by atoms with Crippen LogP contribution < -0.4 is 4.72 Å². The third-order valence-electron chi connectivity index (χ3n) is 2.37. The fourth-order valence-electron chi connectivity index (χ4n) is 1.59. The molecule has 1 aromatic heterocycles. The summed E-state index contributed by atoms with van der Waals surface area (Å²) in [5.74, 6) is -0.527. The Hall–Kier alpha value is -0.590. The van der Waals surface area contributed by atoms with Gasteiger partial charge in [0.25, 0.3) is 0 Å². The van der Waals surface area contributed by atoms with Crippen molar-refractivity contribution in [2.24, 2.45) is 5.92 Å². The summed E-state index contributed by atoms with van der Waals surface area (Å²) in [5, 5.41) is 0. The summed E-state index contributed by atoms with van der Waals surface area (Å²) in [7, 11) is -3.45. The Morgan fingerprint density at radius 3 is 2.75 bits per heavy atom.